The Labute approximate surface area is 82.3 Å². The third-order valence-electron chi connectivity index (χ3n) is 1.36. The third-order valence-corrected chi connectivity index (χ3v) is 1.36. The largest absolute Gasteiger partial charge is 0.452 e. The average Bonchev–Trinajstić information content (AvgIpc) is 2.21. The van der Waals surface area contributed by atoms with Crippen LogP contribution in [0.25, 0.3) is 0 Å². The van der Waals surface area contributed by atoms with Crippen LogP contribution in [-0.2, 0) is 9.47 Å². The van der Waals surface area contributed by atoms with E-state index >= 15 is 0 Å². The minimum absolute atomic E-state index is 0.298. The summed E-state index contributed by atoms with van der Waals surface area (Å²) in [6.07, 6.45) is 1.03. The first-order chi connectivity index (χ1) is 6.70. The summed E-state index contributed by atoms with van der Waals surface area (Å²) in [6.45, 7) is 2.34. The van der Waals surface area contributed by atoms with E-state index in [0.717, 1.165) is 26.4 Å². The molecule has 0 radical (unpaired) electrons. The van der Waals surface area contributed by atoms with E-state index in [1.54, 1.807) is 0 Å². The molecular formula is C8H14N2O4. The van der Waals surface area contributed by atoms with E-state index in [1.807, 2.05) is 6.92 Å². The third kappa shape index (κ3) is 7.20. The van der Waals surface area contributed by atoms with Crippen LogP contribution in [0, 0.1) is 0 Å². The average molecular weight is 202 g/mol. The molecule has 0 saturated heterocycles. The Kier molecular flexibility index (Phi) is 7.30. The van der Waals surface area contributed by atoms with Crippen LogP contribution in [0.15, 0.2) is 10.2 Å². The highest BCUT2D eigenvalue weighted by atomic mass is 16.6. The van der Waals surface area contributed by atoms with Crippen molar-refractivity contribution in [3.05, 3.63) is 0 Å². The number of rotatable bonds is 4. The van der Waals surface area contributed by atoms with Gasteiger partial charge in [-0.1, -0.05) is 30.0 Å². The number of hydrogen-bond acceptors (Lipinski definition) is 4. The summed E-state index contributed by atoms with van der Waals surface area (Å²) in [5.74, 6) is 0. The zero-order valence-electron chi connectivity index (χ0n) is 8.36. The maximum atomic E-state index is 10.7. The SMILES string of the molecule is CCCCCOC(=O)/N=N/C(=O)OC. The van der Waals surface area contributed by atoms with Crippen LogP contribution in [-0.4, -0.2) is 25.9 Å². The van der Waals surface area contributed by atoms with Gasteiger partial charge in [0.25, 0.3) is 0 Å². The van der Waals surface area contributed by atoms with Crippen molar-refractivity contribution in [2.75, 3.05) is 13.7 Å². The highest BCUT2D eigenvalue weighted by Crippen LogP contribution is 1.96. The lowest BCUT2D eigenvalue weighted by Gasteiger charge is -1.98. The Balaban J connectivity index is 3.55. The minimum Gasteiger partial charge on any atom is -0.450 e. The Morgan fingerprint density at radius 2 is 1.79 bits per heavy atom. The van der Waals surface area contributed by atoms with E-state index in [9.17, 15) is 9.59 Å². The highest BCUT2D eigenvalue weighted by molar-refractivity contribution is 5.72. The number of hydrogen-bond donors (Lipinski definition) is 0. The maximum absolute atomic E-state index is 10.7. The fourth-order valence-electron chi connectivity index (χ4n) is 0.663. The van der Waals surface area contributed by atoms with Crippen LogP contribution in [0.3, 0.4) is 0 Å². The number of amides is 2. The molecule has 80 valence electrons. The molecule has 0 bridgehead atoms. The van der Waals surface area contributed by atoms with Crippen molar-refractivity contribution < 1.29 is 19.1 Å². The van der Waals surface area contributed by atoms with Gasteiger partial charge in [-0.05, 0) is 6.42 Å². The van der Waals surface area contributed by atoms with Crippen molar-refractivity contribution in [2.45, 2.75) is 26.2 Å². The molecule has 0 aromatic carbocycles. The Morgan fingerprint density at radius 1 is 1.14 bits per heavy atom. The first-order valence-electron chi connectivity index (χ1n) is 4.37. The number of carbonyl (C=O) groups is 2. The maximum Gasteiger partial charge on any atom is 0.452 e. The van der Waals surface area contributed by atoms with Gasteiger partial charge in [0.15, 0.2) is 0 Å². The van der Waals surface area contributed by atoms with E-state index in [0.29, 0.717) is 6.61 Å². The molecule has 0 unspecified atom stereocenters. The molecule has 0 spiro atoms. The number of nitrogens with zero attached hydrogens (tertiary/aromatic N) is 2. The van der Waals surface area contributed by atoms with Gasteiger partial charge in [-0.15, -0.1) is 0 Å². The summed E-state index contributed by atoms with van der Waals surface area (Å²) in [6, 6.07) is 0. The number of methoxy groups -OCH3 is 1. The summed E-state index contributed by atoms with van der Waals surface area (Å²) in [5, 5.41) is 5.91. The standard InChI is InChI=1S/C8H14N2O4/c1-3-4-5-6-14-8(12)10-9-7(11)13-2/h3-6H2,1-2H3/b10-9+. The van der Waals surface area contributed by atoms with Crippen LogP contribution in [0.1, 0.15) is 26.2 Å². The lowest BCUT2D eigenvalue weighted by atomic mass is 10.3. The molecule has 0 N–H and O–H groups in total. The Bertz CT molecular complexity index is 215. The second kappa shape index (κ2) is 8.15. The molecule has 0 fully saturated rings. The van der Waals surface area contributed by atoms with E-state index in [4.69, 9.17) is 0 Å². The lowest BCUT2D eigenvalue weighted by molar-refractivity contribution is 0.150. The molecule has 0 aliphatic rings. The molecule has 0 rings (SSSR count). The Hall–Kier alpha value is -1.46. The molecule has 0 heterocycles. The predicted octanol–water partition coefficient (Wildman–Crippen LogP) is 2.53. The van der Waals surface area contributed by atoms with Crippen LogP contribution in [0.2, 0.25) is 0 Å². The van der Waals surface area contributed by atoms with Gasteiger partial charge >= 0.3 is 12.2 Å². The van der Waals surface area contributed by atoms with E-state index in [2.05, 4.69) is 19.7 Å². The van der Waals surface area contributed by atoms with Crippen molar-refractivity contribution in [3.63, 3.8) is 0 Å². The van der Waals surface area contributed by atoms with E-state index < -0.39 is 12.2 Å². The van der Waals surface area contributed by atoms with Crippen molar-refractivity contribution in [3.8, 4) is 0 Å². The summed E-state index contributed by atoms with van der Waals surface area (Å²) in [7, 11) is 1.15. The van der Waals surface area contributed by atoms with Gasteiger partial charge < -0.3 is 9.47 Å². The predicted molar refractivity (Wildman–Crippen MR) is 48.1 cm³/mol. The fourth-order valence-corrected chi connectivity index (χ4v) is 0.663. The van der Waals surface area contributed by atoms with E-state index in [-0.39, 0.29) is 0 Å². The molecular weight excluding hydrogens is 188 g/mol. The van der Waals surface area contributed by atoms with Crippen LogP contribution < -0.4 is 0 Å². The van der Waals surface area contributed by atoms with Gasteiger partial charge in [0.05, 0.1) is 13.7 Å². The summed E-state index contributed by atoms with van der Waals surface area (Å²) in [5.41, 5.74) is 0. The van der Waals surface area contributed by atoms with E-state index in [1.165, 1.54) is 0 Å². The molecule has 0 atom stereocenters. The number of unbranched alkanes of at least 4 members (excludes halogenated alkanes) is 2. The summed E-state index contributed by atoms with van der Waals surface area (Å²) in [4.78, 5) is 21.1. The van der Waals surface area contributed by atoms with Crippen molar-refractivity contribution >= 4 is 12.2 Å². The van der Waals surface area contributed by atoms with Crippen molar-refractivity contribution in [2.24, 2.45) is 10.2 Å². The normalized spacial score (nSPS) is 10.1. The quantitative estimate of drug-likeness (QED) is 0.518. The molecule has 6 heteroatoms. The number of ether oxygens (including phenoxy) is 2. The highest BCUT2D eigenvalue weighted by Gasteiger charge is 2.01. The second-order valence-electron chi connectivity index (χ2n) is 2.49. The second-order valence-corrected chi connectivity index (χ2v) is 2.49. The van der Waals surface area contributed by atoms with Crippen molar-refractivity contribution in [1.82, 2.24) is 0 Å². The Morgan fingerprint density at radius 3 is 2.36 bits per heavy atom. The molecule has 0 aromatic rings. The first kappa shape index (κ1) is 12.5. The monoisotopic (exact) mass is 202 g/mol. The lowest BCUT2D eigenvalue weighted by Crippen LogP contribution is -2.01. The van der Waals surface area contributed by atoms with Gasteiger partial charge in [-0.3, -0.25) is 0 Å². The zero-order chi connectivity index (χ0) is 10.8. The summed E-state index contributed by atoms with van der Waals surface area (Å²) < 4.78 is 8.77. The van der Waals surface area contributed by atoms with Gasteiger partial charge in [-0.2, -0.15) is 0 Å². The molecule has 0 aliphatic carbocycles. The zero-order valence-corrected chi connectivity index (χ0v) is 8.36. The molecule has 14 heavy (non-hydrogen) atoms. The summed E-state index contributed by atoms with van der Waals surface area (Å²) >= 11 is 0. The topological polar surface area (TPSA) is 77.3 Å². The molecule has 6 nitrogen and oxygen atoms in total. The smallest absolute Gasteiger partial charge is 0.450 e. The van der Waals surface area contributed by atoms with Crippen molar-refractivity contribution in [1.29, 1.82) is 0 Å². The van der Waals surface area contributed by atoms with Crippen LogP contribution >= 0.6 is 0 Å². The van der Waals surface area contributed by atoms with Crippen LogP contribution in [0.5, 0.6) is 0 Å². The number of carbonyl (C=O) groups excluding carboxylic acids is 2. The molecule has 2 amide bonds. The van der Waals surface area contributed by atoms with Gasteiger partial charge in [0.2, 0.25) is 0 Å². The molecule has 0 aliphatic heterocycles. The van der Waals surface area contributed by atoms with Gasteiger partial charge in [0, 0.05) is 0 Å². The minimum atomic E-state index is -0.921. The molecule has 0 saturated carbocycles. The fraction of sp³-hybridized carbons (Fsp3) is 0.750. The first-order valence-corrected chi connectivity index (χ1v) is 4.37. The number of azo groups is 1. The van der Waals surface area contributed by atoms with Gasteiger partial charge in [0.1, 0.15) is 0 Å². The van der Waals surface area contributed by atoms with Crippen LogP contribution in [0.4, 0.5) is 9.59 Å². The molecule has 0 aromatic heterocycles. The van der Waals surface area contributed by atoms with Gasteiger partial charge in [-0.25, -0.2) is 9.59 Å².